The van der Waals surface area contributed by atoms with Crippen molar-refractivity contribution in [2.24, 2.45) is 5.92 Å². The van der Waals surface area contributed by atoms with E-state index >= 15 is 0 Å². The first-order valence-corrected chi connectivity index (χ1v) is 7.74. The third-order valence-electron chi connectivity index (χ3n) is 4.84. The van der Waals surface area contributed by atoms with Crippen LogP contribution in [0.2, 0.25) is 0 Å². The maximum Gasteiger partial charge on any atom is 0.111 e. The van der Waals surface area contributed by atoms with E-state index in [9.17, 15) is 30.6 Å². The lowest BCUT2D eigenvalue weighted by atomic mass is 9.84. The summed E-state index contributed by atoms with van der Waals surface area (Å²) in [7, 11) is 0. The van der Waals surface area contributed by atoms with Crippen molar-refractivity contribution in [1.82, 2.24) is 0 Å². The molecule has 0 amide bonds. The minimum Gasteiger partial charge on any atom is -0.394 e. The molecule has 7 N–H and O–H groups in total. The van der Waals surface area contributed by atoms with Crippen LogP contribution >= 0.6 is 0 Å². The highest BCUT2D eigenvalue weighted by molar-refractivity contribution is 4.96. The molecule has 0 aliphatic carbocycles. The molecule has 0 aromatic heterocycles. The molecule has 2 aliphatic rings. The van der Waals surface area contributed by atoms with Crippen LogP contribution in [-0.4, -0.2) is 104 Å². The fraction of sp³-hybridized carbons (Fsp3) is 1.00. The molecule has 2 aliphatic heterocycles. The third kappa shape index (κ3) is 3.68. The topological polar surface area (TPSA) is 160 Å². The van der Waals surface area contributed by atoms with Gasteiger partial charge >= 0.3 is 0 Å². The molecule has 23 heavy (non-hydrogen) atoms. The smallest absolute Gasteiger partial charge is 0.111 e. The van der Waals surface area contributed by atoms with Crippen LogP contribution in [0.3, 0.4) is 0 Å². The molecular weight excluding hydrogens is 312 g/mol. The molecule has 0 aromatic carbocycles. The van der Waals surface area contributed by atoms with E-state index in [1.165, 1.54) is 0 Å². The quantitative estimate of drug-likeness (QED) is 0.274. The van der Waals surface area contributed by atoms with Gasteiger partial charge in [0.15, 0.2) is 0 Å². The summed E-state index contributed by atoms with van der Waals surface area (Å²) in [5.74, 6) is -0.471. The molecule has 2 fully saturated rings. The van der Waals surface area contributed by atoms with E-state index in [2.05, 4.69) is 0 Å². The van der Waals surface area contributed by atoms with E-state index in [1.807, 2.05) is 0 Å². The molecule has 0 bridgehead atoms. The van der Waals surface area contributed by atoms with Gasteiger partial charge in [0.2, 0.25) is 0 Å². The van der Waals surface area contributed by atoms with E-state index < -0.39 is 67.5 Å². The zero-order valence-corrected chi connectivity index (χ0v) is 12.8. The highest BCUT2D eigenvalue weighted by Crippen LogP contribution is 2.31. The molecular formula is C14H26O9. The molecule has 2 saturated heterocycles. The van der Waals surface area contributed by atoms with Gasteiger partial charge in [0.05, 0.1) is 37.6 Å². The maximum absolute atomic E-state index is 10.1. The van der Waals surface area contributed by atoms with Gasteiger partial charge in [-0.15, -0.1) is 0 Å². The number of hydrogen-bond acceptors (Lipinski definition) is 9. The van der Waals surface area contributed by atoms with Gasteiger partial charge < -0.3 is 45.2 Å². The Morgan fingerprint density at radius 1 is 0.609 bits per heavy atom. The van der Waals surface area contributed by atoms with Gasteiger partial charge in [-0.2, -0.15) is 0 Å². The number of rotatable bonds is 4. The van der Waals surface area contributed by atoms with Gasteiger partial charge in [0, 0.05) is 12.3 Å². The minimum absolute atomic E-state index is 0.0805. The molecule has 9 nitrogen and oxygen atoms in total. The second-order valence-corrected chi connectivity index (χ2v) is 6.34. The monoisotopic (exact) mass is 338 g/mol. The van der Waals surface area contributed by atoms with Crippen LogP contribution in [0, 0.1) is 5.92 Å². The van der Waals surface area contributed by atoms with E-state index in [1.54, 1.807) is 6.92 Å². The zero-order valence-electron chi connectivity index (χ0n) is 12.8. The summed E-state index contributed by atoms with van der Waals surface area (Å²) in [4.78, 5) is 0. The number of hydrogen-bond donors (Lipinski definition) is 7. The van der Waals surface area contributed by atoms with Crippen LogP contribution < -0.4 is 0 Å². The van der Waals surface area contributed by atoms with Crippen LogP contribution in [0.5, 0.6) is 0 Å². The van der Waals surface area contributed by atoms with E-state index in [0.29, 0.717) is 0 Å². The minimum atomic E-state index is -1.51. The van der Waals surface area contributed by atoms with Crippen LogP contribution in [0.4, 0.5) is 0 Å². The fourth-order valence-corrected chi connectivity index (χ4v) is 3.19. The normalized spacial score (nSPS) is 51.7. The van der Waals surface area contributed by atoms with Gasteiger partial charge in [0.25, 0.3) is 0 Å². The predicted octanol–water partition coefficient (Wildman–Crippen LogP) is -3.66. The summed E-state index contributed by atoms with van der Waals surface area (Å²) < 4.78 is 10.9. The van der Waals surface area contributed by atoms with E-state index in [0.717, 1.165) is 0 Å². The van der Waals surface area contributed by atoms with Gasteiger partial charge in [-0.05, 0) is 0 Å². The summed E-state index contributed by atoms with van der Waals surface area (Å²) in [5.41, 5.74) is 0. The van der Waals surface area contributed by atoms with E-state index in [4.69, 9.17) is 14.6 Å². The Labute approximate surface area is 133 Å². The largest absolute Gasteiger partial charge is 0.394 e. The van der Waals surface area contributed by atoms with Gasteiger partial charge in [-0.25, -0.2) is 0 Å². The summed E-state index contributed by atoms with van der Waals surface area (Å²) in [6.45, 7) is 0.753. The van der Waals surface area contributed by atoms with Crippen molar-refractivity contribution < 1.29 is 45.2 Å². The zero-order chi connectivity index (χ0) is 17.3. The lowest BCUT2D eigenvalue weighted by Crippen LogP contribution is -2.61. The SMILES string of the molecule is C[C@H]1[C@H](O)[C@H](O)[C@@H](C[C@H]2O[C@H](CO)[C@@H](O)[C@H](O)[C@@H]2O)O[C@@H]1CO. The Balaban J connectivity index is 2.07. The molecule has 0 saturated carbocycles. The molecule has 0 radical (unpaired) electrons. The van der Waals surface area contributed by atoms with Gasteiger partial charge in [-0.3, -0.25) is 0 Å². The Morgan fingerprint density at radius 3 is 1.57 bits per heavy atom. The molecule has 10 atom stereocenters. The summed E-state index contributed by atoms with van der Waals surface area (Å²) in [5, 5.41) is 68.1. The molecule has 2 rings (SSSR count). The van der Waals surface area contributed by atoms with Crippen LogP contribution in [-0.2, 0) is 9.47 Å². The third-order valence-corrected chi connectivity index (χ3v) is 4.84. The average Bonchev–Trinajstić information content (AvgIpc) is 2.55. The van der Waals surface area contributed by atoms with Gasteiger partial charge in [-0.1, -0.05) is 6.92 Å². The fourth-order valence-electron chi connectivity index (χ4n) is 3.19. The van der Waals surface area contributed by atoms with Crippen molar-refractivity contribution in [3.05, 3.63) is 0 Å². The van der Waals surface area contributed by atoms with Crippen LogP contribution in [0.1, 0.15) is 13.3 Å². The van der Waals surface area contributed by atoms with Crippen LogP contribution in [0.25, 0.3) is 0 Å². The first-order chi connectivity index (χ1) is 10.8. The van der Waals surface area contributed by atoms with Crippen molar-refractivity contribution in [3.63, 3.8) is 0 Å². The molecule has 0 aromatic rings. The van der Waals surface area contributed by atoms with Crippen molar-refractivity contribution in [1.29, 1.82) is 0 Å². The highest BCUT2D eigenvalue weighted by atomic mass is 16.6. The van der Waals surface area contributed by atoms with Crippen molar-refractivity contribution in [2.75, 3.05) is 13.2 Å². The van der Waals surface area contributed by atoms with Crippen molar-refractivity contribution >= 4 is 0 Å². The first kappa shape index (κ1) is 19.0. The summed E-state index contributed by atoms with van der Waals surface area (Å²) in [6, 6.07) is 0. The number of aliphatic hydroxyl groups is 7. The Morgan fingerprint density at radius 2 is 1.04 bits per heavy atom. The summed E-state index contributed by atoms with van der Waals surface area (Å²) >= 11 is 0. The number of ether oxygens (including phenoxy) is 2. The highest BCUT2D eigenvalue weighted by Gasteiger charge is 2.48. The second kappa shape index (κ2) is 7.68. The molecule has 2 heterocycles. The second-order valence-electron chi connectivity index (χ2n) is 6.34. The lowest BCUT2D eigenvalue weighted by Gasteiger charge is -2.45. The van der Waals surface area contributed by atoms with Gasteiger partial charge in [0.1, 0.15) is 30.5 Å². The standard InChI is InChI=1S/C14H26O9/c1-5-8(3-15)22-6(11(18)10(5)17)2-7-12(19)14(21)13(20)9(4-16)23-7/h5-21H,2-4H2,1H3/t5-,6-,7-,8-,9-,10+,11-,12-,13-,14-/m1/s1. The Hall–Kier alpha value is -0.360. The molecule has 9 heteroatoms. The predicted molar refractivity (Wildman–Crippen MR) is 75.3 cm³/mol. The van der Waals surface area contributed by atoms with Crippen LogP contribution in [0.15, 0.2) is 0 Å². The molecule has 0 unspecified atom stereocenters. The van der Waals surface area contributed by atoms with Crippen molar-refractivity contribution in [2.45, 2.75) is 68.3 Å². The average molecular weight is 338 g/mol. The Kier molecular flexibility index (Phi) is 6.34. The Bertz CT molecular complexity index is 343. The maximum atomic E-state index is 10.1. The number of aliphatic hydroxyl groups excluding tert-OH is 7. The van der Waals surface area contributed by atoms with E-state index in [-0.39, 0.29) is 13.0 Å². The molecule has 0 spiro atoms. The van der Waals surface area contributed by atoms with Crippen molar-refractivity contribution in [3.8, 4) is 0 Å². The molecule has 136 valence electrons. The summed E-state index contributed by atoms with van der Waals surface area (Å²) in [6.07, 6.45) is -10.5. The first-order valence-electron chi connectivity index (χ1n) is 7.74. The lowest BCUT2D eigenvalue weighted by molar-refractivity contribution is -0.254.